The molecular formula is C21H32N4O2S. The maximum atomic E-state index is 5.87. The van der Waals surface area contributed by atoms with E-state index in [-0.39, 0.29) is 0 Å². The van der Waals surface area contributed by atoms with Crippen LogP contribution in [0.4, 0.5) is 0 Å². The van der Waals surface area contributed by atoms with Gasteiger partial charge in [-0.2, -0.15) is 0 Å². The molecule has 1 aromatic heterocycles. The first-order valence-corrected chi connectivity index (χ1v) is 10.3. The van der Waals surface area contributed by atoms with Crippen molar-refractivity contribution in [1.82, 2.24) is 15.5 Å². The van der Waals surface area contributed by atoms with E-state index in [0.717, 1.165) is 23.8 Å². The van der Waals surface area contributed by atoms with Crippen molar-refractivity contribution in [3.8, 4) is 5.75 Å². The monoisotopic (exact) mass is 404 g/mol. The number of nitrogens with one attached hydrogen (secondary N) is 2. The van der Waals surface area contributed by atoms with Gasteiger partial charge in [0.2, 0.25) is 0 Å². The van der Waals surface area contributed by atoms with Gasteiger partial charge in [-0.05, 0) is 44.1 Å². The van der Waals surface area contributed by atoms with Gasteiger partial charge in [-0.15, -0.1) is 11.3 Å². The van der Waals surface area contributed by atoms with Crippen molar-refractivity contribution in [3.05, 3.63) is 51.7 Å². The van der Waals surface area contributed by atoms with Gasteiger partial charge in [0.1, 0.15) is 12.4 Å². The van der Waals surface area contributed by atoms with Crippen molar-refractivity contribution >= 4 is 17.3 Å². The number of nitrogens with zero attached hydrogens (tertiary/aromatic N) is 2. The maximum Gasteiger partial charge on any atom is 0.191 e. The van der Waals surface area contributed by atoms with Crippen LogP contribution < -0.4 is 15.4 Å². The fourth-order valence-electron chi connectivity index (χ4n) is 2.79. The van der Waals surface area contributed by atoms with Crippen LogP contribution in [0.3, 0.4) is 0 Å². The molecule has 1 atom stereocenters. The van der Waals surface area contributed by atoms with Crippen LogP contribution >= 0.6 is 11.3 Å². The molecule has 0 aliphatic carbocycles. The summed E-state index contributed by atoms with van der Waals surface area (Å²) in [5.41, 5.74) is 2.26. The number of ether oxygens (including phenoxy) is 2. The average molecular weight is 405 g/mol. The molecule has 0 radical (unpaired) electrons. The first kappa shape index (κ1) is 22.2. The Balaban J connectivity index is 1.95. The molecular weight excluding hydrogens is 372 g/mol. The van der Waals surface area contributed by atoms with E-state index < -0.39 is 0 Å². The number of benzene rings is 1. The Hall–Kier alpha value is -2.09. The lowest BCUT2D eigenvalue weighted by Crippen LogP contribution is -2.41. The van der Waals surface area contributed by atoms with Crippen molar-refractivity contribution in [2.75, 3.05) is 48.0 Å². The largest absolute Gasteiger partial charge is 0.491 e. The predicted molar refractivity (Wildman–Crippen MR) is 117 cm³/mol. The molecule has 6 nitrogen and oxygen atoms in total. The molecule has 0 saturated carbocycles. The summed E-state index contributed by atoms with van der Waals surface area (Å²) in [4.78, 5) is 7.91. The molecule has 0 saturated heterocycles. The highest BCUT2D eigenvalue weighted by Crippen LogP contribution is 2.22. The van der Waals surface area contributed by atoms with E-state index in [4.69, 9.17) is 9.47 Å². The number of aryl methyl sites for hydroxylation is 1. The fourth-order valence-corrected chi connectivity index (χ4v) is 3.71. The number of methoxy groups -OCH3 is 1. The number of thiophene rings is 1. The topological polar surface area (TPSA) is 58.1 Å². The van der Waals surface area contributed by atoms with Gasteiger partial charge in [-0.1, -0.05) is 18.2 Å². The number of hydrogen-bond acceptors (Lipinski definition) is 5. The van der Waals surface area contributed by atoms with Gasteiger partial charge in [-0.25, -0.2) is 0 Å². The first-order valence-electron chi connectivity index (χ1n) is 9.40. The Morgan fingerprint density at radius 2 is 2.04 bits per heavy atom. The Morgan fingerprint density at radius 3 is 2.68 bits per heavy atom. The van der Waals surface area contributed by atoms with E-state index in [2.05, 4.69) is 77.3 Å². The fraction of sp³-hybridized carbons (Fsp3) is 0.476. The van der Waals surface area contributed by atoms with Crippen molar-refractivity contribution < 1.29 is 9.47 Å². The first-order chi connectivity index (χ1) is 13.5. The summed E-state index contributed by atoms with van der Waals surface area (Å²) in [5, 5.41) is 8.94. The smallest absolute Gasteiger partial charge is 0.191 e. The molecule has 0 amide bonds. The highest BCUT2D eigenvalue weighted by atomic mass is 32.1. The zero-order valence-electron chi connectivity index (χ0n) is 17.5. The van der Waals surface area contributed by atoms with E-state index in [1.165, 1.54) is 10.4 Å². The summed E-state index contributed by atoms with van der Waals surface area (Å²) in [5.74, 6) is 1.65. The molecule has 1 unspecified atom stereocenters. The Morgan fingerprint density at radius 1 is 1.21 bits per heavy atom. The number of hydrogen-bond donors (Lipinski definition) is 2. The second-order valence-electron chi connectivity index (χ2n) is 6.75. The molecule has 0 bridgehead atoms. The van der Waals surface area contributed by atoms with Crippen LogP contribution in [0.5, 0.6) is 5.75 Å². The number of aliphatic imine (C=N–C) groups is 1. The van der Waals surface area contributed by atoms with Gasteiger partial charge in [-0.3, -0.25) is 4.99 Å². The van der Waals surface area contributed by atoms with Crippen LogP contribution in [0.2, 0.25) is 0 Å². The maximum absolute atomic E-state index is 5.87. The van der Waals surface area contributed by atoms with Gasteiger partial charge < -0.3 is 25.0 Å². The molecule has 28 heavy (non-hydrogen) atoms. The lowest BCUT2D eigenvalue weighted by Gasteiger charge is -2.24. The molecule has 154 valence electrons. The number of likely N-dealkylation sites (N-methyl/N-ethyl adjacent to an activating group) is 1. The lowest BCUT2D eigenvalue weighted by atomic mass is 10.1. The molecule has 1 heterocycles. The van der Waals surface area contributed by atoms with E-state index >= 15 is 0 Å². The summed E-state index contributed by atoms with van der Waals surface area (Å²) in [6, 6.07) is 10.8. The number of rotatable bonds is 10. The molecule has 2 aromatic rings. The summed E-state index contributed by atoms with van der Waals surface area (Å²) >= 11 is 1.77. The van der Waals surface area contributed by atoms with E-state index in [1.54, 1.807) is 25.5 Å². The van der Waals surface area contributed by atoms with Crippen molar-refractivity contribution in [2.45, 2.75) is 19.5 Å². The molecule has 0 fully saturated rings. The van der Waals surface area contributed by atoms with Crippen LogP contribution in [0.1, 0.15) is 22.0 Å². The second-order valence-corrected chi connectivity index (χ2v) is 7.73. The zero-order chi connectivity index (χ0) is 20.4. The molecule has 2 rings (SSSR count). The SMILES string of the molecule is CN=C(NCc1ccc(C)cc1OCCOC)NCC(c1cccs1)N(C)C. The third-order valence-electron chi connectivity index (χ3n) is 4.40. The highest BCUT2D eigenvalue weighted by Gasteiger charge is 2.15. The van der Waals surface area contributed by atoms with Gasteiger partial charge in [0.25, 0.3) is 0 Å². The van der Waals surface area contributed by atoms with E-state index in [0.29, 0.717) is 25.8 Å². The zero-order valence-corrected chi connectivity index (χ0v) is 18.3. The summed E-state index contributed by atoms with van der Waals surface area (Å²) < 4.78 is 11.0. The third kappa shape index (κ3) is 6.82. The molecule has 0 aliphatic rings. The van der Waals surface area contributed by atoms with Crippen LogP contribution in [0, 0.1) is 6.92 Å². The van der Waals surface area contributed by atoms with Crippen molar-refractivity contribution in [2.24, 2.45) is 4.99 Å². The molecule has 0 aliphatic heterocycles. The van der Waals surface area contributed by atoms with Gasteiger partial charge in [0, 0.05) is 37.7 Å². The van der Waals surface area contributed by atoms with Gasteiger partial charge in [0.05, 0.1) is 12.6 Å². The minimum atomic E-state index is 0.297. The normalized spacial score (nSPS) is 12.9. The molecule has 0 spiro atoms. The Bertz CT molecular complexity index is 732. The quantitative estimate of drug-likeness (QED) is 0.362. The van der Waals surface area contributed by atoms with E-state index in [1.807, 2.05) is 0 Å². The summed E-state index contributed by atoms with van der Waals surface area (Å²) in [6.07, 6.45) is 0. The Labute approximate surface area is 172 Å². The number of guanidine groups is 1. The average Bonchev–Trinajstić information content (AvgIpc) is 3.20. The highest BCUT2D eigenvalue weighted by molar-refractivity contribution is 7.10. The van der Waals surface area contributed by atoms with Crippen molar-refractivity contribution in [3.63, 3.8) is 0 Å². The predicted octanol–water partition coefficient (Wildman–Crippen LogP) is 3.05. The summed E-state index contributed by atoms with van der Waals surface area (Å²) in [6.45, 7) is 4.57. The minimum absolute atomic E-state index is 0.297. The lowest BCUT2D eigenvalue weighted by molar-refractivity contribution is 0.145. The van der Waals surface area contributed by atoms with Crippen molar-refractivity contribution in [1.29, 1.82) is 0 Å². The van der Waals surface area contributed by atoms with Crippen LogP contribution in [-0.2, 0) is 11.3 Å². The minimum Gasteiger partial charge on any atom is -0.491 e. The van der Waals surface area contributed by atoms with Crippen LogP contribution in [0.15, 0.2) is 40.7 Å². The van der Waals surface area contributed by atoms with Gasteiger partial charge >= 0.3 is 0 Å². The Kier molecular flexibility index (Phi) is 9.27. The van der Waals surface area contributed by atoms with Crippen LogP contribution in [0.25, 0.3) is 0 Å². The van der Waals surface area contributed by atoms with Gasteiger partial charge in [0.15, 0.2) is 5.96 Å². The second kappa shape index (κ2) is 11.7. The van der Waals surface area contributed by atoms with E-state index in [9.17, 15) is 0 Å². The standard InChI is InChI=1S/C21H32N4O2S/c1-16-8-9-17(19(13-16)27-11-10-26-5)14-23-21(22-2)24-15-18(25(3)4)20-7-6-12-28-20/h6-9,12-13,18H,10-11,14-15H2,1-5H3,(H2,22,23,24). The third-order valence-corrected chi connectivity index (χ3v) is 5.37. The van der Waals surface area contributed by atoms with Crippen LogP contribution in [-0.4, -0.2) is 58.9 Å². The molecule has 1 aromatic carbocycles. The molecule has 7 heteroatoms. The molecule has 2 N–H and O–H groups in total. The summed E-state index contributed by atoms with van der Waals surface area (Å²) in [7, 11) is 7.65.